The maximum Gasteiger partial charge on any atom is 0.256 e. The fourth-order valence-electron chi connectivity index (χ4n) is 3.63. The van der Waals surface area contributed by atoms with Gasteiger partial charge >= 0.3 is 0 Å². The van der Waals surface area contributed by atoms with Crippen LogP contribution in [0.3, 0.4) is 0 Å². The summed E-state index contributed by atoms with van der Waals surface area (Å²) in [4.78, 5) is 40.1. The number of ether oxygens (including phenoxy) is 1. The van der Waals surface area contributed by atoms with Crippen LogP contribution in [0.1, 0.15) is 20.7 Å². The number of nitrogens with one attached hydrogen (secondary N) is 3. The van der Waals surface area contributed by atoms with Gasteiger partial charge in [0.1, 0.15) is 0 Å². The number of carbonyl (C=O) groups is 2. The van der Waals surface area contributed by atoms with E-state index in [1.54, 1.807) is 24.3 Å². The average Bonchev–Trinajstić information content (AvgIpc) is 2.83. The van der Waals surface area contributed by atoms with Gasteiger partial charge in [0, 0.05) is 37.1 Å². The van der Waals surface area contributed by atoms with Crippen molar-refractivity contribution >= 4 is 38.4 Å². The lowest BCUT2D eigenvalue weighted by molar-refractivity contribution is 0.0730. The molecule has 1 aromatic heterocycles. The predicted octanol–water partition coefficient (Wildman–Crippen LogP) is 1.16. The molecule has 3 N–H and O–H groups in total. The summed E-state index contributed by atoms with van der Waals surface area (Å²) in [5.74, 6) is -1.04. The zero-order chi connectivity index (χ0) is 23.6. The molecule has 2 heterocycles. The van der Waals surface area contributed by atoms with Gasteiger partial charge in [0.05, 0.1) is 34.9 Å². The number of pyridine rings is 1. The number of fused-ring (bicyclic) bond motifs is 1. The summed E-state index contributed by atoms with van der Waals surface area (Å²) < 4.78 is 32.7. The van der Waals surface area contributed by atoms with Crippen molar-refractivity contribution in [3.8, 4) is 0 Å². The lowest BCUT2D eigenvalue weighted by Crippen LogP contribution is -2.40. The monoisotopic (exact) mass is 470 g/mol. The van der Waals surface area contributed by atoms with Crippen LogP contribution in [0, 0.1) is 0 Å². The Labute approximate surface area is 189 Å². The molecule has 0 bridgehead atoms. The van der Waals surface area contributed by atoms with Crippen molar-refractivity contribution in [1.82, 2.24) is 14.6 Å². The number of para-hydroxylation sites is 1. The number of benzene rings is 2. The topological polar surface area (TPSA) is 138 Å². The second-order valence-corrected chi connectivity index (χ2v) is 9.29. The quantitative estimate of drug-likeness (QED) is 0.512. The molecule has 0 aliphatic carbocycles. The smallest absolute Gasteiger partial charge is 0.256 e. The molecule has 10 nitrogen and oxygen atoms in total. The van der Waals surface area contributed by atoms with Crippen molar-refractivity contribution < 1.29 is 22.7 Å². The van der Waals surface area contributed by atoms with Crippen molar-refractivity contribution in [3.63, 3.8) is 0 Å². The van der Waals surface area contributed by atoms with Gasteiger partial charge in [-0.3, -0.25) is 14.4 Å². The summed E-state index contributed by atoms with van der Waals surface area (Å²) in [7, 11) is -2.34. The average molecular weight is 471 g/mol. The maximum absolute atomic E-state index is 13.1. The van der Waals surface area contributed by atoms with Gasteiger partial charge in [0.25, 0.3) is 11.8 Å². The summed E-state index contributed by atoms with van der Waals surface area (Å²) >= 11 is 0. The highest BCUT2D eigenvalue weighted by Gasteiger charge is 2.27. The molecule has 0 spiro atoms. The molecule has 33 heavy (non-hydrogen) atoms. The number of rotatable bonds is 5. The van der Waals surface area contributed by atoms with E-state index in [-0.39, 0.29) is 46.1 Å². The second-order valence-electron chi connectivity index (χ2n) is 7.35. The summed E-state index contributed by atoms with van der Waals surface area (Å²) in [6, 6.07) is 11.8. The number of H-pyrrole nitrogens is 1. The van der Waals surface area contributed by atoms with Crippen LogP contribution in [0.4, 0.5) is 5.69 Å². The fourth-order valence-corrected chi connectivity index (χ4v) is 5.07. The number of carbonyl (C=O) groups excluding carboxylic acids is 2. The molecule has 1 fully saturated rings. The van der Waals surface area contributed by atoms with Crippen molar-refractivity contribution in [1.29, 1.82) is 0 Å². The number of hydrogen-bond acceptors (Lipinski definition) is 6. The maximum atomic E-state index is 13.1. The molecule has 2 aromatic carbocycles. The van der Waals surface area contributed by atoms with Gasteiger partial charge in [-0.05, 0) is 30.3 Å². The van der Waals surface area contributed by atoms with E-state index in [9.17, 15) is 22.8 Å². The van der Waals surface area contributed by atoms with Crippen LogP contribution in [0.5, 0.6) is 0 Å². The van der Waals surface area contributed by atoms with Gasteiger partial charge in [-0.2, -0.15) is 4.31 Å². The SMILES string of the molecule is CNC(=O)c1ccccc1NC(=O)c1cc(=O)[nH]c2ccc(S(=O)(=O)N3CCOCC3)cc12. The fraction of sp³-hybridized carbons (Fsp3) is 0.227. The Morgan fingerprint density at radius 2 is 1.73 bits per heavy atom. The number of anilines is 1. The van der Waals surface area contributed by atoms with Crippen LogP contribution in [0.15, 0.2) is 58.2 Å². The molecule has 172 valence electrons. The Bertz CT molecular complexity index is 1390. The Balaban J connectivity index is 1.76. The molecular weight excluding hydrogens is 448 g/mol. The largest absolute Gasteiger partial charge is 0.379 e. The van der Waals surface area contributed by atoms with E-state index in [4.69, 9.17) is 4.74 Å². The molecule has 11 heteroatoms. The number of hydrogen-bond donors (Lipinski definition) is 3. The van der Waals surface area contributed by atoms with Gasteiger partial charge in [0.15, 0.2) is 0 Å². The van der Waals surface area contributed by atoms with Crippen LogP contribution in [-0.4, -0.2) is 62.9 Å². The Morgan fingerprint density at radius 1 is 1.00 bits per heavy atom. The number of aromatic nitrogens is 1. The van der Waals surface area contributed by atoms with E-state index >= 15 is 0 Å². The van der Waals surface area contributed by atoms with E-state index in [2.05, 4.69) is 15.6 Å². The lowest BCUT2D eigenvalue weighted by Gasteiger charge is -2.26. The zero-order valence-corrected chi connectivity index (χ0v) is 18.6. The van der Waals surface area contributed by atoms with E-state index in [0.717, 1.165) is 6.07 Å². The van der Waals surface area contributed by atoms with Crippen LogP contribution < -0.4 is 16.2 Å². The van der Waals surface area contributed by atoms with Crippen LogP contribution in [0.25, 0.3) is 10.9 Å². The number of aromatic amines is 1. The highest BCUT2D eigenvalue weighted by atomic mass is 32.2. The first-order chi connectivity index (χ1) is 15.8. The molecule has 1 aliphatic rings. The van der Waals surface area contributed by atoms with Crippen molar-refractivity contribution in [3.05, 3.63) is 70.0 Å². The minimum absolute atomic E-state index is 0.00348. The Hall–Kier alpha value is -3.54. The predicted molar refractivity (Wildman–Crippen MR) is 122 cm³/mol. The van der Waals surface area contributed by atoms with Gasteiger partial charge in [-0.1, -0.05) is 12.1 Å². The van der Waals surface area contributed by atoms with E-state index in [1.807, 2.05) is 0 Å². The molecule has 0 unspecified atom stereocenters. The van der Waals surface area contributed by atoms with E-state index in [1.165, 1.54) is 29.6 Å². The number of sulfonamides is 1. The van der Waals surface area contributed by atoms with Crippen molar-refractivity contribution in [2.45, 2.75) is 4.90 Å². The summed E-state index contributed by atoms with van der Waals surface area (Å²) in [5.41, 5.74) is 0.286. The van der Waals surface area contributed by atoms with Crippen molar-refractivity contribution in [2.75, 3.05) is 38.7 Å². The van der Waals surface area contributed by atoms with Gasteiger partial charge < -0.3 is 20.4 Å². The molecule has 0 atom stereocenters. The van der Waals surface area contributed by atoms with Gasteiger partial charge in [-0.15, -0.1) is 0 Å². The van der Waals surface area contributed by atoms with Gasteiger partial charge in [-0.25, -0.2) is 8.42 Å². The summed E-state index contributed by atoms with van der Waals surface area (Å²) in [5, 5.41) is 5.42. The molecule has 1 aliphatic heterocycles. The molecule has 3 aromatic rings. The molecule has 1 saturated heterocycles. The molecule has 0 radical (unpaired) electrons. The standard InChI is InChI=1S/C22H22N4O6S/c1-23-21(28)15-4-2-3-5-18(15)25-22(29)17-13-20(27)24-19-7-6-14(12-16(17)19)33(30,31)26-8-10-32-11-9-26/h2-7,12-13H,8-11H2,1H3,(H,23,28)(H,24,27)(H,25,29). The highest BCUT2D eigenvalue weighted by molar-refractivity contribution is 7.89. The highest BCUT2D eigenvalue weighted by Crippen LogP contribution is 2.24. The number of nitrogens with zero attached hydrogens (tertiary/aromatic N) is 1. The van der Waals surface area contributed by atoms with Crippen LogP contribution in [0.2, 0.25) is 0 Å². The summed E-state index contributed by atoms with van der Waals surface area (Å²) in [6.07, 6.45) is 0. The summed E-state index contributed by atoms with van der Waals surface area (Å²) in [6.45, 7) is 1.07. The molecule has 2 amide bonds. The van der Waals surface area contributed by atoms with Crippen LogP contribution >= 0.6 is 0 Å². The molecule has 4 rings (SSSR count). The van der Waals surface area contributed by atoms with E-state index in [0.29, 0.717) is 18.7 Å². The van der Waals surface area contributed by atoms with Gasteiger partial charge in [0.2, 0.25) is 15.6 Å². The third-order valence-corrected chi connectivity index (χ3v) is 7.21. The lowest BCUT2D eigenvalue weighted by atomic mass is 10.1. The first-order valence-electron chi connectivity index (χ1n) is 10.2. The number of morpholine rings is 1. The minimum atomic E-state index is -3.81. The first-order valence-corrected chi connectivity index (χ1v) is 11.6. The third-order valence-electron chi connectivity index (χ3n) is 5.31. The first kappa shape index (κ1) is 22.6. The molecular formula is C22H22N4O6S. The van der Waals surface area contributed by atoms with Crippen LogP contribution in [-0.2, 0) is 14.8 Å². The van der Waals surface area contributed by atoms with Crippen molar-refractivity contribution in [2.24, 2.45) is 0 Å². The Morgan fingerprint density at radius 3 is 2.45 bits per heavy atom. The van der Waals surface area contributed by atoms with E-state index < -0.39 is 21.5 Å². The second kappa shape index (κ2) is 9.14. The molecule has 0 saturated carbocycles. The minimum Gasteiger partial charge on any atom is -0.379 e. The number of amides is 2. The Kier molecular flexibility index (Phi) is 6.27. The normalized spacial score (nSPS) is 14.7. The zero-order valence-electron chi connectivity index (χ0n) is 17.8. The third kappa shape index (κ3) is 4.51.